The highest BCUT2D eigenvalue weighted by Gasteiger charge is 1.91. The van der Waals surface area contributed by atoms with Crippen molar-refractivity contribution in [1.29, 1.82) is 0 Å². The lowest BCUT2D eigenvalue weighted by molar-refractivity contribution is 2.24. The van der Waals surface area contributed by atoms with Crippen LogP contribution in [0.15, 0.2) is 34.8 Å². The van der Waals surface area contributed by atoms with Gasteiger partial charge in [0.25, 0.3) is 0 Å². The van der Waals surface area contributed by atoms with Crippen LogP contribution in [-0.2, 0) is 0 Å². The van der Waals surface area contributed by atoms with Gasteiger partial charge < -0.3 is 0 Å². The van der Waals surface area contributed by atoms with Crippen molar-refractivity contribution >= 4 is 42.7 Å². The zero-order valence-corrected chi connectivity index (χ0v) is 14.2. The molecule has 0 fully saturated rings. The van der Waals surface area contributed by atoms with E-state index in [1.165, 1.54) is 34.8 Å². The van der Waals surface area contributed by atoms with Crippen LogP contribution in [0.4, 0.5) is 0 Å². The Morgan fingerprint density at radius 2 is 0.818 bits per heavy atom. The topological polar surface area (TPSA) is 0 Å². The Morgan fingerprint density at radius 1 is 0.500 bits per heavy atom. The third kappa shape index (κ3) is 14.3. The quantitative estimate of drug-likeness (QED) is 0.437. The summed E-state index contributed by atoms with van der Waals surface area (Å²) in [5.41, 5.74) is 12.5. The summed E-state index contributed by atoms with van der Waals surface area (Å²) in [6.07, 6.45) is 4.43. The molecular weight excluding hydrogens is 354 g/mol. The zero-order chi connectivity index (χ0) is 16.3. The van der Waals surface area contributed by atoms with E-state index in [9.17, 15) is 0 Å². The summed E-state index contributed by atoms with van der Waals surface area (Å²) < 4.78 is 0. The van der Waals surface area contributed by atoms with Gasteiger partial charge in [-0.2, -0.15) is 0 Å². The Kier molecular flexibility index (Phi) is 15.3. The van der Waals surface area contributed by atoms with Crippen LogP contribution in [0.5, 0.6) is 0 Å². The van der Waals surface area contributed by atoms with Crippen molar-refractivity contribution in [3.63, 3.8) is 0 Å². The monoisotopic (exact) mass is 358 g/mol. The number of rotatable bonds is 0. The van der Waals surface area contributed by atoms with Crippen molar-refractivity contribution in [2.75, 3.05) is 0 Å². The van der Waals surface area contributed by atoms with E-state index in [0.717, 1.165) is 0 Å². The largest absolute Gasteiger partial charge is 0.130 e. The first-order valence-corrected chi connectivity index (χ1v) is 8.09. The average Bonchev–Trinajstić information content (AvgIpc) is 2.53. The minimum absolute atomic E-state index is 1.19. The molecule has 0 spiro atoms. The molecule has 0 unspecified atom stereocenters. The van der Waals surface area contributed by atoms with Crippen molar-refractivity contribution in [3.8, 4) is 70.3 Å². The SMILES string of the molecule is Cl/C=C/C#CC#CP(C#CC#C/C=C/Cl)C#CC#C/C=C/Cl. The summed E-state index contributed by atoms with van der Waals surface area (Å²) in [7, 11) is -1.19. The van der Waals surface area contributed by atoms with E-state index in [2.05, 4.69) is 70.3 Å². The van der Waals surface area contributed by atoms with Crippen molar-refractivity contribution in [2.45, 2.75) is 0 Å². The molecule has 0 aromatic carbocycles. The summed E-state index contributed by atoms with van der Waals surface area (Å²) in [5.74, 6) is 23.7. The van der Waals surface area contributed by atoms with Gasteiger partial charge in [-0.25, -0.2) is 0 Å². The van der Waals surface area contributed by atoms with Crippen LogP contribution in [0.3, 0.4) is 0 Å². The summed E-state index contributed by atoms with van der Waals surface area (Å²) in [5, 5.41) is 0. The van der Waals surface area contributed by atoms with Gasteiger partial charge in [-0.3, -0.25) is 0 Å². The van der Waals surface area contributed by atoms with Gasteiger partial charge in [-0.15, -0.1) is 0 Å². The van der Waals surface area contributed by atoms with Crippen LogP contribution in [0.1, 0.15) is 0 Å². The molecule has 0 saturated carbocycles. The molecule has 0 amide bonds. The predicted octanol–water partition coefficient (Wildman–Crippen LogP) is 4.62. The van der Waals surface area contributed by atoms with E-state index in [0.29, 0.717) is 0 Å². The van der Waals surface area contributed by atoms with Crippen LogP contribution in [-0.4, -0.2) is 0 Å². The maximum Gasteiger partial charge on any atom is 0.130 e. The fourth-order valence-corrected chi connectivity index (χ4v) is 1.52. The van der Waals surface area contributed by atoms with Crippen molar-refractivity contribution in [3.05, 3.63) is 34.8 Å². The summed E-state index contributed by atoms with van der Waals surface area (Å²) in [6, 6.07) is 0. The van der Waals surface area contributed by atoms with Crippen LogP contribution in [0.25, 0.3) is 0 Å². The first-order valence-electron chi connectivity index (χ1n) is 5.44. The fraction of sp³-hybridized carbons (Fsp3) is 0. The summed E-state index contributed by atoms with van der Waals surface area (Å²) in [6.45, 7) is 0. The number of halogens is 3. The van der Waals surface area contributed by atoms with Gasteiger partial charge in [0.2, 0.25) is 0 Å². The number of allylic oxidation sites excluding steroid dienone is 3. The maximum absolute atomic E-state index is 5.33. The molecule has 0 aliphatic rings. The second-order valence-corrected chi connectivity index (χ2v) is 4.83. The van der Waals surface area contributed by atoms with Crippen molar-refractivity contribution < 1.29 is 0 Å². The Morgan fingerprint density at radius 3 is 1.09 bits per heavy atom. The molecule has 0 aromatic heterocycles. The van der Waals surface area contributed by atoms with Gasteiger partial charge in [0.15, 0.2) is 0 Å². The average molecular weight is 360 g/mol. The molecule has 104 valence electrons. The van der Waals surface area contributed by atoms with E-state index >= 15 is 0 Å². The normalized spacial score (nSPS) is 8.18. The highest BCUT2D eigenvalue weighted by molar-refractivity contribution is 7.72. The minimum Gasteiger partial charge on any atom is -0.0923 e. The molecule has 0 aromatic rings. The van der Waals surface area contributed by atoms with E-state index in [-0.39, 0.29) is 0 Å². The Balaban J connectivity index is 5.13. The lowest BCUT2D eigenvalue weighted by Gasteiger charge is -1.84. The molecule has 4 heteroatoms. The minimum atomic E-state index is -1.19. The molecule has 0 heterocycles. The maximum atomic E-state index is 5.33. The molecule has 22 heavy (non-hydrogen) atoms. The van der Waals surface area contributed by atoms with Crippen LogP contribution in [0, 0.1) is 70.3 Å². The number of hydrogen-bond acceptors (Lipinski definition) is 0. The van der Waals surface area contributed by atoms with Crippen molar-refractivity contribution in [2.24, 2.45) is 0 Å². The summed E-state index contributed by atoms with van der Waals surface area (Å²) >= 11 is 16.0. The second kappa shape index (κ2) is 16.9. The molecule has 0 saturated heterocycles. The van der Waals surface area contributed by atoms with Crippen LogP contribution in [0.2, 0.25) is 0 Å². The van der Waals surface area contributed by atoms with E-state index in [1.54, 1.807) is 0 Å². The van der Waals surface area contributed by atoms with Gasteiger partial charge in [-0.1, -0.05) is 52.6 Å². The summed E-state index contributed by atoms with van der Waals surface area (Å²) in [4.78, 5) is 0. The standard InChI is InChI=1S/C18H6Cl3P/c19-13-7-1-4-10-16-22(17-11-5-2-8-14-20)18-12-6-3-9-15-21/h7-9,13-15H/b13-7+,14-8+,15-9+. The molecule has 0 aliphatic carbocycles. The first kappa shape index (κ1) is 19.9. The Hall–Kier alpha value is -2.12. The molecule has 0 bridgehead atoms. The highest BCUT2D eigenvalue weighted by Crippen LogP contribution is 2.29. The van der Waals surface area contributed by atoms with E-state index < -0.39 is 7.92 Å². The smallest absolute Gasteiger partial charge is 0.0923 e. The third-order valence-corrected chi connectivity index (χ3v) is 2.73. The highest BCUT2D eigenvalue weighted by atomic mass is 35.5. The van der Waals surface area contributed by atoms with Crippen LogP contribution < -0.4 is 0 Å². The van der Waals surface area contributed by atoms with Gasteiger partial charge in [0, 0.05) is 34.8 Å². The molecule has 0 rings (SSSR count). The second-order valence-electron chi connectivity index (χ2n) is 2.73. The lowest BCUT2D eigenvalue weighted by atomic mass is 10.6. The van der Waals surface area contributed by atoms with Crippen molar-refractivity contribution in [1.82, 2.24) is 0 Å². The van der Waals surface area contributed by atoms with Crippen LogP contribution >= 0.6 is 42.7 Å². The first-order chi connectivity index (χ1) is 10.8. The number of hydrogen-bond donors (Lipinski definition) is 0. The van der Waals surface area contributed by atoms with E-state index in [4.69, 9.17) is 34.8 Å². The van der Waals surface area contributed by atoms with Gasteiger partial charge in [0.05, 0.1) is 0 Å². The lowest BCUT2D eigenvalue weighted by Crippen LogP contribution is -1.62. The van der Waals surface area contributed by atoms with Gasteiger partial charge in [0.1, 0.15) is 7.92 Å². The third-order valence-electron chi connectivity index (χ3n) is 1.35. The molecule has 0 N–H and O–H groups in total. The fourth-order valence-electron chi connectivity index (χ4n) is 0.663. The molecule has 0 atom stereocenters. The molecular formula is C18H6Cl3P. The molecule has 0 aliphatic heterocycles. The van der Waals surface area contributed by atoms with Gasteiger partial charge in [-0.05, 0) is 52.5 Å². The zero-order valence-electron chi connectivity index (χ0n) is 11.0. The Labute approximate surface area is 147 Å². The predicted molar refractivity (Wildman–Crippen MR) is 98.6 cm³/mol. The molecule has 0 nitrogen and oxygen atoms in total. The van der Waals surface area contributed by atoms with Gasteiger partial charge >= 0.3 is 0 Å². The Bertz CT molecular complexity index is 695. The van der Waals surface area contributed by atoms with E-state index in [1.807, 2.05) is 0 Å². The molecule has 0 radical (unpaired) electrons.